The minimum Gasteiger partial charge on any atom is -0.315 e. The summed E-state index contributed by atoms with van der Waals surface area (Å²) >= 11 is 0. The molecule has 0 bridgehead atoms. The Balaban J connectivity index is 1.95. The van der Waals surface area contributed by atoms with E-state index in [1.807, 2.05) is 25.2 Å². The Morgan fingerprint density at radius 2 is 2.06 bits per heavy atom. The van der Waals surface area contributed by atoms with Gasteiger partial charge < -0.3 is 10.2 Å². The Morgan fingerprint density at radius 1 is 1.31 bits per heavy atom. The fraction of sp³-hybridized carbons (Fsp3) is 0.462. The average molecular weight is 216 g/mol. The summed E-state index contributed by atoms with van der Waals surface area (Å²) in [5.41, 5.74) is 2.31. The third kappa shape index (κ3) is 1.61. The first kappa shape index (κ1) is 9.85. The van der Waals surface area contributed by atoms with Crippen molar-refractivity contribution in [1.29, 1.82) is 0 Å². The summed E-state index contributed by atoms with van der Waals surface area (Å²) in [4.78, 5) is 13.6. The number of carbonyl (C=O) groups is 1. The van der Waals surface area contributed by atoms with Crippen LogP contribution in [-0.4, -0.2) is 19.0 Å². The van der Waals surface area contributed by atoms with Crippen LogP contribution in [0.1, 0.15) is 30.9 Å². The average Bonchev–Trinajstić information content (AvgIpc) is 3.10. The molecule has 3 rings (SSSR count). The molecular weight excluding hydrogens is 200 g/mol. The van der Waals surface area contributed by atoms with Crippen LogP contribution in [0, 0.1) is 0 Å². The predicted octanol–water partition coefficient (Wildman–Crippen LogP) is 1.85. The molecule has 1 aliphatic heterocycles. The minimum absolute atomic E-state index is 0.205. The maximum atomic E-state index is 11.9. The molecule has 1 aromatic carbocycles. The molecule has 1 unspecified atom stereocenters. The molecule has 2 aliphatic rings. The number of para-hydroxylation sites is 1. The van der Waals surface area contributed by atoms with E-state index in [4.69, 9.17) is 0 Å². The topological polar surface area (TPSA) is 32.3 Å². The van der Waals surface area contributed by atoms with Gasteiger partial charge in [0, 0.05) is 31.2 Å². The maximum absolute atomic E-state index is 11.9. The lowest BCUT2D eigenvalue weighted by atomic mass is 9.96. The summed E-state index contributed by atoms with van der Waals surface area (Å²) in [5.74, 6) is 0.205. The Kier molecular flexibility index (Phi) is 2.21. The molecule has 1 atom stereocenters. The van der Waals surface area contributed by atoms with E-state index in [-0.39, 0.29) is 11.9 Å². The normalized spacial score (nSPS) is 24.4. The zero-order chi connectivity index (χ0) is 11.1. The number of amides is 1. The first-order valence-corrected chi connectivity index (χ1v) is 5.87. The number of fused-ring (bicyclic) bond motifs is 1. The number of hydrogen-bond donors (Lipinski definition) is 1. The van der Waals surface area contributed by atoms with Gasteiger partial charge in [0.1, 0.15) is 0 Å². The summed E-state index contributed by atoms with van der Waals surface area (Å²) in [6.07, 6.45) is 3.09. The molecule has 3 heteroatoms. The number of carbonyl (C=O) groups excluding carboxylic acids is 1. The highest BCUT2D eigenvalue weighted by molar-refractivity contribution is 5.96. The number of hydrogen-bond acceptors (Lipinski definition) is 2. The van der Waals surface area contributed by atoms with Gasteiger partial charge in [-0.15, -0.1) is 0 Å². The quantitative estimate of drug-likeness (QED) is 0.818. The van der Waals surface area contributed by atoms with Gasteiger partial charge in [0.15, 0.2) is 0 Å². The van der Waals surface area contributed by atoms with E-state index in [9.17, 15) is 4.79 Å². The smallest absolute Gasteiger partial charge is 0.228 e. The van der Waals surface area contributed by atoms with Crippen molar-refractivity contribution in [2.24, 2.45) is 0 Å². The summed E-state index contributed by atoms with van der Waals surface area (Å²) in [7, 11) is 1.86. The number of nitrogens with one attached hydrogen (secondary N) is 1. The Morgan fingerprint density at radius 3 is 2.81 bits per heavy atom. The van der Waals surface area contributed by atoms with Gasteiger partial charge in [0.05, 0.1) is 0 Å². The fourth-order valence-corrected chi connectivity index (χ4v) is 2.33. The van der Waals surface area contributed by atoms with Crippen molar-refractivity contribution in [3.63, 3.8) is 0 Å². The second-order valence-electron chi connectivity index (χ2n) is 4.71. The van der Waals surface area contributed by atoms with Gasteiger partial charge in [-0.2, -0.15) is 0 Å². The highest BCUT2D eigenvalue weighted by atomic mass is 16.2. The Hall–Kier alpha value is -1.35. The molecule has 1 heterocycles. The van der Waals surface area contributed by atoms with Crippen LogP contribution >= 0.6 is 0 Å². The van der Waals surface area contributed by atoms with Crippen LogP contribution in [0.2, 0.25) is 0 Å². The number of benzene rings is 1. The van der Waals surface area contributed by atoms with Crippen LogP contribution in [0.15, 0.2) is 24.3 Å². The first-order valence-electron chi connectivity index (χ1n) is 5.87. The Bertz CT molecular complexity index is 426. The molecule has 1 aromatic rings. The largest absolute Gasteiger partial charge is 0.315 e. The molecule has 16 heavy (non-hydrogen) atoms. The summed E-state index contributed by atoms with van der Waals surface area (Å²) in [6, 6.07) is 9.03. The highest BCUT2D eigenvalue weighted by Crippen LogP contribution is 2.35. The number of nitrogens with zero attached hydrogens (tertiary/aromatic N) is 1. The molecule has 1 aliphatic carbocycles. The van der Waals surface area contributed by atoms with Crippen LogP contribution in [0.25, 0.3) is 0 Å². The molecule has 1 N–H and O–H groups in total. The van der Waals surface area contributed by atoms with Crippen LogP contribution in [0.3, 0.4) is 0 Å². The molecule has 0 radical (unpaired) electrons. The van der Waals surface area contributed by atoms with Gasteiger partial charge in [0.25, 0.3) is 0 Å². The molecule has 0 saturated heterocycles. The van der Waals surface area contributed by atoms with E-state index >= 15 is 0 Å². The van der Waals surface area contributed by atoms with Crippen LogP contribution in [0.4, 0.5) is 5.69 Å². The van der Waals surface area contributed by atoms with E-state index in [0.29, 0.717) is 12.5 Å². The van der Waals surface area contributed by atoms with Crippen molar-refractivity contribution in [2.45, 2.75) is 31.3 Å². The molecule has 1 fully saturated rings. The van der Waals surface area contributed by atoms with Crippen molar-refractivity contribution >= 4 is 11.6 Å². The molecule has 1 amide bonds. The third-order valence-electron chi connectivity index (χ3n) is 3.44. The molecule has 0 spiro atoms. The fourth-order valence-electron chi connectivity index (χ4n) is 2.33. The number of rotatable bonds is 2. The van der Waals surface area contributed by atoms with Crippen LogP contribution < -0.4 is 10.2 Å². The molecule has 1 saturated carbocycles. The lowest BCUT2D eigenvalue weighted by Gasteiger charge is -2.32. The van der Waals surface area contributed by atoms with Gasteiger partial charge in [-0.3, -0.25) is 4.79 Å². The van der Waals surface area contributed by atoms with Crippen molar-refractivity contribution in [2.75, 3.05) is 11.9 Å². The second kappa shape index (κ2) is 3.59. The van der Waals surface area contributed by atoms with E-state index in [0.717, 1.165) is 5.69 Å². The monoisotopic (exact) mass is 216 g/mol. The Labute approximate surface area is 95.4 Å². The van der Waals surface area contributed by atoms with Crippen molar-refractivity contribution < 1.29 is 4.79 Å². The van der Waals surface area contributed by atoms with Crippen molar-refractivity contribution in [3.05, 3.63) is 29.8 Å². The van der Waals surface area contributed by atoms with Crippen molar-refractivity contribution in [1.82, 2.24) is 5.32 Å². The summed E-state index contributed by atoms with van der Waals surface area (Å²) in [6.45, 7) is 0. The van der Waals surface area contributed by atoms with Gasteiger partial charge in [0.2, 0.25) is 5.91 Å². The summed E-state index contributed by atoms with van der Waals surface area (Å²) < 4.78 is 0. The number of anilines is 1. The van der Waals surface area contributed by atoms with E-state index in [1.165, 1.54) is 18.4 Å². The SMILES string of the molecule is CN1C(=O)CC(NC2CC2)c2ccccc21. The predicted molar refractivity (Wildman–Crippen MR) is 63.4 cm³/mol. The molecule has 84 valence electrons. The zero-order valence-electron chi connectivity index (χ0n) is 9.44. The molecule has 3 nitrogen and oxygen atoms in total. The first-order chi connectivity index (χ1) is 7.75. The standard InChI is InChI=1S/C13H16N2O/c1-15-12-5-3-2-4-10(12)11(8-13(15)16)14-9-6-7-9/h2-5,9,11,14H,6-8H2,1H3. The third-order valence-corrected chi connectivity index (χ3v) is 3.44. The maximum Gasteiger partial charge on any atom is 0.228 e. The van der Waals surface area contributed by atoms with Gasteiger partial charge in [-0.1, -0.05) is 18.2 Å². The van der Waals surface area contributed by atoms with Crippen LogP contribution in [-0.2, 0) is 4.79 Å². The summed E-state index contributed by atoms with van der Waals surface area (Å²) in [5, 5.41) is 3.55. The van der Waals surface area contributed by atoms with E-state index in [2.05, 4.69) is 11.4 Å². The van der Waals surface area contributed by atoms with Crippen LogP contribution in [0.5, 0.6) is 0 Å². The van der Waals surface area contributed by atoms with Gasteiger partial charge in [-0.25, -0.2) is 0 Å². The van der Waals surface area contributed by atoms with Gasteiger partial charge in [-0.05, 0) is 24.5 Å². The molecule has 0 aromatic heterocycles. The van der Waals surface area contributed by atoms with E-state index in [1.54, 1.807) is 4.90 Å². The molecular formula is C13H16N2O. The minimum atomic E-state index is 0.205. The lowest BCUT2D eigenvalue weighted by molar-refractivity contribution is -0.119. The second-order valence-corrected chi connectivity index (χ2v) is 4.71. The lowest BCUT2D eigenvalue weighted by Crippen LogP contribution is -2.38. The van der Waals surface area contributed by atoms with E-state index < -0.39 is 0 Å². The van der Waals surface area contributed by atoms with Gasteiger partial charge >= 0.3 is 0 Å². The van der Waals surface area contributed by atoms with Crippen molar-refractivity contribution in [3.8, 4) is 0 Å². The highest BCUT2D eigenvalue weighted by Gasteiger charge is 2.32. The zero-order valence-corrected chi connectivity index (χ0v) is 9.44.